The van der Waals surface area contributed by atoms with E-state index in [0.717, 1.165) is 0 Å². The number of hydrogen-bond donors (Lipinski definition) is 1. The Morgan fingerprint density at radius 2 is 1.92 bits per heavy atom. The molecular weight excluding hydrogens is 336 g/mol. The summed E-state index contributed by atoms with van der Waals surface area (Å²) < 4.78 is 41.2. The van der Waals surface area contributed by atoms with Gasteiger partial charge in [0, 0.05) is 19.6 Å². The molecule has 1 amide bonds. The molecule has 9 heteroatoms. The minimum atomic E-state index is -3.38. The Bertz CT molecular complexity index is 643. The summed E-state index contributed by atoms with van der Waals surface area (Å²) in [6, 6.07) is 6.98. The maximum Gasteiger partial charge on any atom is 0.257 e. The Balaban J connectivity index is 1.73. The maximum atomic E-state index is 12.1. The zero-order valence-electron chi connectivity index (χ0n) is 13.6. The van der Waals surface area contributed by atoms with E-state index in [1.807, 2.05) is 0 Å². The van der Waals surface area contributed by atoms with Crippen molar-refractivity contribution in [2.24, 2.45) is 0 Å². The van der Waals surface area contributed by atoms with Crippen molar-refractivity contribution in [2.75, 3.05) is 52.3 Å². The molecule has 0 aromatic heterocycles. The first-order valence-electron chi connectivity index (χ1n) is 7.61. The molecule has 0 aliphatic carbocycles. The lowest BCUT2D eigenvalue weighted by Crippen LogP contribution is -2.44. The Labute approximate surface area is 141 Å². The molecule has 1 N–H and O–H groups in total. The summed E-state index contributed by atoms with van der Waals surface area (Å²) in [5.41, 5.74) is 0. The number of hydrogen-bond acceptors (Lipinski definition) is 6. The predicted octanol–water partition coefficient (Wildman–Crippen LogP) is -0.148. The summed E-state index contributed by atoms with van der Waals surface area (Å²) in [6.07, 6.45) is 0. The Morgan fingerprint density at radius 3 is 2.58 bits per heavy atom. The van der Waals surface area contributed by atoms with Gasteiger partial charge in [-0.2, -0.15) is 4.31 Å². The molecule has 134 valence electrons. The number of benzene rings is 1. The van der Waals surface area contributed by atoms with Gasteiger partial charge < -0.3 is 19.5 Å². The lowest BCUT2D eigenvalue weighted by atomic mass is 10.3. The van der Waals surface area contributed by atoms with Gasteiger partial charge in [-0.1, -0.05) is 12.1 Å². The number of nitrogens with one attached hydrogen (secondary N) is 1. The molecule has 0 saturated carbocycles. The molecule has 0 atom stereocenters. The van der Waals surface area contributed by atoms with Crippen LogP contribution in [0.2, 0.25) is 0 Å². The normalized spacial score (nSPS) is 15.7. The predicted molar refractivity (Wildman–Crippen MR) is 87.7 cm³/mol. The number of nitrogens with zero attached hydrogens (tertiary/aromatic N) is 1. The van der Waals surface area contributed by atoms with Crippen molar-refractivity contribution in [3.63, 3.8) is 0 Å². The maximum absolute atomic E-state index is 12.1. The van der Waals surface area contributed by atoms with Gasteiger partial charge in [-0.3, -0.25) is 4.79 Å². The number of morpholine rings is 1. The van der Waals surface area contributed by atoms with Crippen LogP contribution in [0.4, 0.5) is 0 Å². The summed E-state index contributed by atoms with van der Waals surface area (Å²) in [7, 11) is -1.87. The van der Waals surface area contributed by atoms with Gasteiger partial charge in [-0.15, -0.1) is 0 Å². The largest absolute Gasteiger partial charge is 0.493 e. The second kappa shape index (κ2) is 8.86. The highest BCUT2D eigenvalue weighted by Crippen LogP contribution is 2.25. The van der Waals surface area contributed by atoms with Crippen molar-refractivity contribution in [1.29, 1.82) is 0 Å². The standard InChI is InChI=1S/C15H22N2O6S/c1-21-13-4-2-3-5-14(13)23-12-15(18)16-6-11-24(19,20)17-7-9-22-10-8-17/h2-5H,6-12H2,1H3,(H,16,18). The number of rotatable bonds is 8. The van der Waals surface area contributed by atoms with Crippen molar-refractivity contribution < 1.29 is 27.4 Å². The average molecular weight is 358 g/mol. The van der Waals surface area contributed by atoms with E-state index in [1.54, 1.807) is 24.3 Å². The van der Waals surface area contributed by atoms with Crippen LogP contribution >= 0.6 is 0 Å². The van der Waals surface area contributed by atoms with Crippen LogP contribution in [0.1, 0.15) is 0 Å². The molecule has 1 aromatic carbocycles. The summed E-state index contributed by atoms with van der Waals surface area (Å²) >= 11 is 0. The first-order valence-corrected chi connectivity index (χ1v) is 9.22. The number of carbonyl (C=O) groups is 1. The zero-order chi connectivity index (χ0) is 17.4. The molecule has 2 rings (SSSR count). The van der Waals surface area contributed by atoms with Crippen LogP contribution in [0.25, 0.3) is 0 Å². The van der Waals surface area contributed by atoms with Gasteiger partial charge in [0.25, 0.3) is 5.91 Å². The van der Waals surface area contributed by atoms with E-state index in [0.29, 0.717) is 37.8 Å². The minimum absolute atomic E-state index is 0.0355. The minimum Gasteiger partial charge on any atom is -0.493 e. The molecule has 1 fully saturated rings. The van der Waals surface area contributed by atoms with Crippen LogP contribution in [-0.2, 0) is 19.6 Å². The van der Waals surface area contributed by atoms with Gasteiger partial charge in [0.1, 0.15) is 0 Å². The fourth-order valence-corrected chi connectivity index (χ4v) is 3.53. The Kier molecular flexibility index (Phi) is 6.83. The van der Waals surface area contributed by atoms with Gasteiger partial charge in [0.2, 0.25) is 10.0 Å². The first kappa shape index (κ1) is 18.5. The Morgan fingerprint density at radius 1 is 1.25 bits per heavy atom. The quantitative estimate of drug-likeness (QED) is 0.695. The molecule has 1 aliphatic rings. The van der Waals surface area contributed by atoms with E-state index in [4.69, 9.17) is 14.2 Å². The Hall–Kier alpha value is -1.84. The van der Waals surface area contributed by atoms with Gasteiger partial charge in [0.15, 0.2) is 18.1 Å². The first-order chi connectivity index (χ1) is 11.5. The van der Waals surface area contributed by atoms with Crippen LogP contribution in [0.15, 0.2) is 24.3 Å². The molecule has 1 heterocycles. The van der Waals surface area contributed by atoms with Crippen molar-refractivity contribution in [3.8, 4) is 11.5 Å². The summed E-state index contributed by atoms with van der Waals surface area (Å²) in [5, 5.41) is 2.54. The molecule has 8 nitrogen and oxygen atoms in total. The van der Waals surface area contributed by atoms with Gasteiger partial charge in [-0.05, 0) is 12.1 Å². The van der Waals surface area contributed by atoms with E-state index in [-0.39, 0.29) is 18.9 Å². The number of sulfonamides is 1. The molecule has 0 unspecified atom stereocenters. The number of para-hydroxylation sites is 2. The SMILES string of the molecule is COc1ccccc1OCC(=O)NCCS(=O)(=O)N1CCOCC1. The van der Waals surface area contributed by atoms with E-state index in [9.17, 15) is 13.2 Å². The van der Waals surface area contributed by atoms with Crippen LogP contribution < -0.4 is 14.8 Å². The topological polar surface area (TPSA) is 94.2 Å². The zero-order valence-corrected chi connectivity index (χ0v) is 14.4. The van der Waals surface area contributed by atoms with Crippen LogP contribution in [-0.4, -0.2) is 70.9 Å². The van der Waals surface area contributed by atoms with Gasteiger partial charge >= 0.3 is 0 Å². The lowest BCUT2D eigenvalue weighted by molar-refractivity contribution is -0.122. The van der Waals surface area contributed by atoms with Crippen LogP contribution in [0, 0.1) is 0 Å². The van der Waals surface area contributed by atoms with Crippen molar-refractivity contribution in [3.05, 3.63) is 24.3 Å². The van der Waals surface area contributed by atoms with Crippen LogP contribution in [0.3, 0.4) is 0 Å². The second-order valence-electron chi connectivity index (χ2n) is 5.12. The smallest absolute Gasteiger partial charge is 0.257 e. The van der Waals surface area contributed by atoms with E-state index < -0.39 is 15.9 Å². The molecule has 1 saturated heterocycles. The second-order valence-corrected chi connectivity index (χ2v) is 7.21. The van der Waals surface area contributed by atoms with E-state index >= 15 is 0 Å². The number of methoxy groups -OCH3 is 1. The summed E-state index contributed by atoms with van der Waals surface area (Å²) in [5.74, 6) is 0.447. The van der Waals surface area contributed by atoms with Crippen molar-refractivity contribution in [1.82, 2.24) is 9.62 Å². The van der Waals surface area contributed by atoms with Gasteiger partial charge in [0.05, 0.1) is 26.1 Å². The van der Waals surface area contributed by atoms with Gasteiger partial charge in [-0.25, -0.2) is 8.42 Å². The van der Waals surface area contributed by atoms with Crippen LogP contribution in [0.5, 0.6) is 11.5 Å². The fraction of sp³-hybridized carbons (Fsp3) is 0.533. The third-order valence-electron chi connectivity index (χ3n) is 3.47. The fourth-order valence-electron chi connectivity index (χ4n) is 2.21. The monoisotopic (exact) mass is 358 g/mol. The molecular formula is C15H22N2O6S. The van der Waals surface area contributed by atoms with E-state index in [1.165, 1.54) is 11.4 Å². The number of ether oxygens (including phenoxy) is 3. The number of carbonyl (C=O) groups excluding carboxylic acids is 1. The third kappa shape index (κ3) is 5.36. The van der Waals surface area contributed by atoms with Crippen molar-refractivity contribution in [2.45, 2.75) is 0 Å². The molecule has 1 aromatic rings. The molecule has 0 bridgehead atoms. The highest BCUT2D eigenvalue weighted by molar-refractivity contribution is 7.89. The van der Waals surface area contributed by atoms with Crippen molar-refractivity contribution >= 4 is 15.9 Å². The molecule has 24 heavy (non-hydrogen) atoms. The third-order valence-corrected chi connectivity index (χ3v) is 5.35. The highest BCUT2D eigenvalue weighted by atomic mass is 32.2. The summed E-state index contributed by atoms with van der Waals surface area (Å²) in [6.45, 7) is 1.34. The molecule has 0 radical (unpaired) electrons. The average Bonchev–Trinajstić information content (AvgIpc) is 2.61. The molecule has 1 aliphatic heterocycles. The number of amides is 1. The van der Waals surface area contributed by atoms with E-state index in [2.05, 4.69) is 5.32 Å². The lowest BCUT2D eigenvalue weighted by Gasteiger charge is -2.26. The molecule has 0 spiro atoms. The highest BCUT2D eigenvalue weighted by Gasteiger charge is 2.23. The summed E-state index contributed by atoms with van der Waals surface area (Å²) in [4.78, 5) is 11.8.